The minimum absolute atomic E-state index is 0.0864. The molecule has 1 heterocycles. The van der Waals surface area contributed by atoms with E-state index in [0.29, 0.717) is 0 Å². The van der Waals surface area contributed by atoms with Gasteiger partial charge in [-0.3, -0.25) is 0 Å². The SMILES string of the molecule is Cc1cc2c(c(C)c1-c1cccc(CO)c1)CC1(CC1)O2. The molecular weight excluding hydrogens is 260 g/mol. The molecule has 1 fully saturated rings. The molecule has 0 atom stereocenters. The number of benzene rings is 2. The molecule has 0 bridgehead atoms. The summed E-state index contributed by atoms with van der Waals surface area (Å²) in [5.41, 5.74) is 7.54. The topological polar surface area (TPSA) is 29.5 Å². The molecule has 2 aromatic rings. The van der Waals surface area contributed by atoms with Crippen molar-refractivity contribution in [2.75, 3.05) is 0 Å². The van der Waals surface area contributed by atoms with Crippen LogP contribution < -0.4 is 4.74 Å². The van der Waals surface area contributed by atoms with Crippen molar-refractivity contribution < 1.29 is 9.84 Å². The van der Waals surface area contributed by atoms with Gasteiger partial charge in [0.1, 0.15) is 11.4 Å². The van der Waals surface area contributed by atoms with Crippen molar-refractivity contribution in [3.05, 3.63) is 52.6 Å². The number of aryl methyl sites for hydroxylation is 1. The average Bonchev–Trinajstić information content (AvgIpc) is 3.12. The van der Waals surface area contributed by atoms with Crippen LogP contribution in [-0.2, 0) is 13.0 Å². The summed E-state index contributed by atoms with van der Waals surface area (Å²) in [5.74, 6) is 1.09. The van der Waals surface area contributed by atoms with Gasteiger partial charge < -0.3 is 9.84 Å². The summed E-state index contributed by atoms with van der Waals surface area (Å²) in [4.78, 5) is 0. The molecule has 1 saturated carbocycles. The summed E-state index contributed by atoms with van der Waals surface area (Å²) in [6.45, 7) is 4.44. The molecule has 4 rings (SSSR count). The second kappa shape index (κ2) is 4.35. The van der Waals surface area contributed by atoms with Crippen LogP contribution in [0.25, 0.3) is 11.1 Å². The van der Waals surface area contributed by atoms with Crippen molar-refractivity contribution in [3.8, 4) is 16.9 Å². The smallest absolute Gasteiger partial charge is 0.124 e. The number of ether oxygens (including phenoxy) is 1. The minimum Gasteiger partial charge on any atom is -0.487 e. The van der Waals surface area contributed by atoms with E-state index in [1.54, 1.807) is 0 Å². The van der Waals surface area contributed by atoms with Crippen LogP contribution in [0.5, 0.6) is 5.75 Å². The second-order valence-corrected chi connectivity index (χ2v) is 6.49. The molecule has 1 aliphatic heterocycles. The van der Waals surface area contributed by atoms with Crippen LogP contribution in [0, 0.1) is 13.8 Å². The number of aliphatic hydroxyl groups excluding tert-OH is 1. The highest BCUT2D eigenvalue weighted by atomic mass is 16.5. The van der Waals surface area contributed by atoms with E-state index in [1.807, 2.05) is 12.1 Å². The lowest BCUT2D eigenvalue weighted by Crippen LogP contribution is -2.12. The molecular formula is C19H20O2. The molecule has 1 aliphatic carbocycles. The van der Waals surface area contributed by atoms with E-state index in [9.17, 15) is 5.11 Å². The summed E-state index contributed by atoms with van der Waals surface area (Å²) < 4.78 is 6.16. The predicted octanol–water partition coefficient (Wildman–Crippen LogP) is 3.93. The Morgan fingerprint density at radius 3 is 2.71 bits per heavy atom. The van der Waals surface area contributed by atoms with Crippen molar-refractivity contribution in [2.45, 2.75) is 45.3 Å². The molecule has 21 heavy (non-hydrogen) atoms. The number of aliphatic hydroxyl groups is 1. The van der Waals surface area contributed by atoms with Gasteiger partial charge in [0.15, 0.2) is 0 Å². The Morgan fingerprint density at radius 1 is 1.19 bits per heavy atom. The third-order valence-electron chi connectivity index (χ3n) is 4.90. The van der Waals surface area contributed by atoms with Gasteiger partial charge in [-0.25, -0.2) is 0 Å². The summed E-state index contributed by atoms with van der Waals surface area (Å²) in [6, 6.07) is 10.4. The maximum atomic E-state index is 9.36. The molecule has 2 heteroatoms. The van der Waals surface area contributed by atoms with Crippen molar-refractivity contribution in [2.24, 2.45) is 0 Å². The van der Waals surface area contributed by atoms with E-state index >= 15 is 0 Å². The zero-order valence-corrected chi connectivity index (χ0v) is 12.6. The minimum atomic E-state index is 0.0864. The highest BCUT2D eigenvalue weighted by Gasteiger charge is 2.50. The highest BCUT2D eigenvalue weighted by Crippen LogP contribution is 2.52. The van der Waals surface area contributed by atoms with Gasteiger partial charge in [-0.1, -0.05) is 18.2 Å². The molecule has 0 saturated heterocycles. The van der Waals surface area contributed by atoms with Gasteiger partial charge in [0.25, 0.3) is 0 Å². The second-order valence-electron chi connectivity index (χ2n) is 6.49. The van der Waals surface area contributed by atoms with Gasteiger partial charge in [0.2, 0.25) is 0 Å². The van der Waals surface area contributed by atoms with E-state index in [-0.39, 0.29) is 12.2 Å². The lowest BCUT2D eigenvalue weighted by atomic mass is 9.90. The first kappa shape index (κ1) is 12.9. The zero-order chi connectivity index (χ0) is 14.6. The largest absolute Gasteiger partial charge is 0.487 e. The van der Waals surface area contributed by atoms with Crippen LogP contribution >= 0.6 is 0 Å². The lowest BCUT2D eigenvalue weighted by molar-refractivity contribution is 0.211. The molecule has 1 N–H and O–H groups in total. The zero-order valence-electron chi connectivity index (χ0n) is 12.6. The van der Waals surface area contributed by atoms with Crippen LogP contribution in [0.15, 0.2) is 30.3 Å². The normalized spacial score (nSPS) is 17.7. The standard InChI is InChI=1S/C19H20O2/c1-12-8-17-16(10-19(21-17)6-7-19)13(2)18(12)15-5-3-4-14(9-15)11-20/h3-5,8-9,20H,6-7,10-11H2,1-2H3. The lowest BCUT2D eigenvalue weighted by Gasteiger charge is -2.14. The Kier molecular flexibility index (Phi) is 2.67. The Bertz CT molecular complexity index is 727. The van der Waals surface area contributed by atoms with E-state index < -0.39 is 0 Å². The summed E-state index contributed by atoms with van der Waals surface area (Å²) in [6.07, 6.45) is 3.44. The van der Waals surface area contributed by atoms with Crippen LogP contribution in [0.1, 0.15) is 35.1 Å². The number of fused-ring (bicyclic) bond motifs is 1. The fourth-order valence-corrected chi connectivity index (χ4v) is 3.58. The van der Waals surface area contributed by atoms with E-state index in [0.717, 1.165) is 17.7 Å². The third kappa shape index (κ3) is 1.97. The van der Waals surface area contributed by atoms with Crippen molar-refractivity contribution in [1.82, 2.24) is 0 Å². The third-order valence-corrected chi connectivity index (χ3v) is 4.90. The van der Waals surface area contributed by atoms with Gasteiger partial charge in [0, 0.05) is 12.0 Å². The maximum absolute atomic E-state index is 9.36. The van der Waals surface area contributed by atoms with Crippen LogP contribution in [0.3, 0.4) is 0 Å². The molecule has 0 unspecified atom stereocenters. The van der Waals surface area contributed by atoms with Gasteiger partial charge in [-0.05, 0) is 66.6 Å². The average molecular weight is 280 g/mol. The molecule has 2 aromatic carbocycles. The summed E-state index contributed by atoms with van der Waals surface area (Å²) in [7, 11) is 0. The van der Waals surface area contributed by atoms with Crippen molar-refractivity contribution in [3.63, 3.8) is 0 Å². The number of rotatable bonds is 2. The molecule has 0 aromatic heterocycles. The number of hydrogen-bond acceptors (Lipinski definition) is 2. The quantitative estimate of drug-likeness (QED) is 0.903. The predicted molar refractivity (Wildman–Crippen MR) is 83.6 cm³/mol. The monoisotopic (exact) mass is 280 g/mol. The van der Waals surface area contributed by atoms with Crippen LogP contribution in [-0.4, -0.2) is 10.7 Å². The van der Waals surface area contributed by atoms with E-state index in [2.05, 4.69) is 32.0 Å². The first-order valence-corrected chi connectivity index (χ1v) is 7.64. The molecule has 0 amide bonds. The van der Waals surface area contributed by atoms with Crippen molar-refractivity contribution >= 4 is 0 Å². The van der Waals surface area contributed by atoms with Crippen molar-refractivity contribution in [1.29, 1.82) is 0 Å². The number of hydrogen-bond donors (Lipinski definition) is 1. The van der Waals surface area contributed by atoms with Crippen LogP contribution in [0.4, 0.5) is 0 Å². The van der Waals surface area contributed by atoms with E-state index in [1.165, 1.54) is 40.7 Å². The fourth-order valence-electron chi connectivity index (χ4n) is 3.58. The summed E-state index contributed by atoms with van der Waals surface area (Å²) >= 11 is 0. The van der Waals surface area contributed by atoms with Gasteiger partial charge in [-0.2, -0.15) is 0 Å². The molecule has 2 nitrogen and oxygen atoms in total. The van der Waals surface area contributed by atoms with Crippen LogP contribution in [0.2, 0.25) is 0 Å². The first-order valence-electron chi connectivity index (χ1n) is 7.64. The molecule has 108 valence electrons. The van der Waals surface area contributed by atoms with Gasteiger partial charge >= 0.3 is 0 Å². The molecule has 2 aliphatic rings. The van der Waals surface area contributed by atoms with E-state index in [4.69, 9.17) is 4.74 Å². The molecule has 0 radical (unpaired) electrons. The maximum Gasteiger partial charge on any atom is 0.124 e. The van der Waals surface area contributed by atoms with Gasteiger partial charge in [0.05, 0.1) is 6.61 Å². The highest BCUT2D eigenvalue weighted by molar-refractivity contribution is 5.75. The Hall–Kier alpha value is -1.80. The Labute approximate surface area is 125 Å². The molecule has 1 spiro atoms. The Balaban J connectivity index is 1.86. The van der Waals surface area contributed by atoms with Gasteiger partial charge in [-0.15, -0.1) is 0 Å². The first-order chi connectivity index (χ1) is 10.1. The Morgan fingerprint density at radius 2 is 2.00 bits per heavy atom. The fraction of sp³-hybridized carbons (Fsp3) is 0.368. The summed E-state index contributed by atoms with van der Waals surface area (Å²) in [5, 5.41) is 9.36.